The Morgan fingerprint density at radius 2 is 0.767 bits per heavy atom. The van der Waals surface area contributed by atoms with Crippen LogP contribution >= 0.6 is 11.6 Å². The van der Waals surface area contributed by atoms with Gasteiger partial charge in [0.2, 0.25) is 5.28 Å². The van der Waals surface area contributed by atoms with Crippen LogP contribution in [0.15, 0.2) is 176 Å². The van der Waals surface area contributed by atoms with Crippen molar-refractivity contribution in [3.63, 3.8) is 0 Å². The number of rotatable bonds is 5. The van der Waals surface area contributed by atoms with E-state index in [4.69, 9.17) is 20.9 Å². The maximum atomic E-state index is 6.60. The molecule has 0 aliphatic carbocycles. The number of para-hydroxylation sites is 4. The van der Waals surface area contributed by atoms with Gasteiger partial charge in [-0.3, -0.25) is 0 Å². The number of hydrogen-bond donors (Lipinski definition) is 0. The fourth-order valence-corrected chi connectivity index (χ4v) is 8.34. The summed E-state index contributed by atoms with van der Waals surface area (Å²) in [4.78, 5) is 12.8. The molecule has 0 saturated carbocycles. The van der Waals surface area contributed by atoms with Crippen molar-refractivity contribution in [2.45, 2.75) is 38.9 Å². The molecule has 9 heteroatoms. The van der Waals surface area contributed by atoms with Crippen molar-refractivity contribution >= 4 is 67.8 Å². The molecule has 60 heavy (non-hydrogen) atoms. The molecule has 0 radical (unpaired) electrons. The Morgan fingerprint density at radius 1 is 0.433 bits per heavy atom. The van der Waals surface area contributed by atoms with Crippen LogP contribution in [-0.2, 0) is 9.31 Å². The van der Waals surface area contributed by atoms with Gasteiger partial charge in [0.25, 0.3) is 0 Å². The van der Waals surface area contributed by atoms with Gasteiger partial charge >= 0.3 is 7.12 Å². The lowest BCUT2D eigenvalue weighted by Gasteiger charge is -2.32. The first-order valence-electron chi connectivity index (χ1n) is 20.2. The Bertz CT molecular complexity index is 2890. The third-order valence-electron chi connectivity index (χ3n) is 11.8. The molecule has 1 aliphatic rings. The van der Waals surface area contributed by atoms with Crippen LogP contribution < -0.4 is 5.46 Å². The summed E-state index contributed by atoms with van der Waals surface area (Å²) >= 11 is 5.99. The van der Waals surface area contributed by atoms with Gasteiger partial charge in [-0.2, -0.15) is 9.97 Å². The predicted molar refractivity (Wildman–Crippen MR) is 247 cm³/mol. The summed E-state index contributed by atoms with van der Waals surface area (Å²) in [5.74, 6) is 1.17. The van der Waals surface area contributed by atoms with Crippen molar-refractivity contribution in [2.24, 2.45) is 0 Å². The number of nitrogens with zero attached hydrogens (tertiary/aromatic N) is 5. The molecule has 0 unspecified atom stereocenters. The minimum atomic E-state index is -0.486. The van der Waals surface area contributed by atoms with Crippen LogP contribution in [0.25, 0.3) is 77.8 Å². The second-order valence-corrected chi connectivity index (χ2v) is 16.4. The zero-order valence-electron chi connectivity index (χ0n) is 33.8. The molecular formula is C51H41BClN5O2. The van der Waals surface area contributed by atoms with E-state index in [0.717, 1.165) is 28.0 Å². The van der Waals surface area contributed by atoms with Crippen LogP contribution in [0.3, 0.4) is 0 Å². The van der Waals surface area contributed by atoms with Crippen molar-refractivity contribution in [2.75, 3.05) is 0 Å². The van der Waals surface area contributed by atoms with Crippen LogP contribution in [0.4, 0.5) is 0 Å². The first-order valence-corrected chi connectivity index (χ1v) is 20.5. The van der Waals surface area contributed by atoms with Gasteiger partial charge in [-0.15, -0.1) is 0 Å². The second-order valence-electron chi connectivity index (χ2n) is 16.1. The van der Waals surface area contributed by atoms with E-state index >= 15 is 0 Å². The molecule has 1 aliphatic heterocycles. The lowest BCUT2D eigenvalue weighted by molar-refractivity contribution is 0.00578. The van der Waals surface area contributed by atoms with Crippen molar-refractivity contribution in [1.82, 2.24) is 24.1 Å². The minimum absolute atomic E-state index is 0.202. The molecule has 7 aromatic carbocycles. The van der Waals surface area contributed by atoms with E-state index < -0.39 is 18.3 Å². The third kappa shape index (κ3) is 6.63. The van der Waals surface area contributed by atoms with E-state index in [1.807, 2.05) is 60.7 Å². The van der Waals surface area contributed by atoms with Crippen LogP contribution in [0.5, 0.6) is 0 Å². The van der Waals surface area contributed by atoms with E-state index in [9.17, 15) is 0 Å². The topological polar surface area (TPSA) is 67.0 Å². The highest BCUT2D eigenvalue weighted by molar-refractivity contribution is 6.62. The van der Waals surface area contributed by atoms with Gasteiger partial charge in [0.1, 0.15) is 0 Å². The summed E-state index contributed by atoms with van der Waals surface area (Å²) < 4.78 is 18.0. The Balaban J connectivity index is 0.000000191. The predicted octanol–water partition coefficient (Wildman–Crippen LogP) is 12.0. The average molecular weight is 802 g/mol. The molecule has 3 aromatic heterocycles. The fraction of sp³-hybridized carbons (Fsp3) is 0.118. The smallest absolute Gasteiger partial charge is 0.399 e. The number of hydrogen-bond acceptors (Lipinski definition) is 5. The van der Waals surface area contributed by atoms with Gasteiger partial charge in [-0.05, 0) is 87.2 Å². The first kappa shape index (κ1) is 37.7. The Kier molecular flexibility index (Phi) is 9.36. The van der Waals surface area contributed by atoms with Crippen LogP contribution in [0, 0.1) is 0 Å². The van der Waals surface area contributed by atoms with Crippen molar-refractivity contribution in [3.8, 4) is 34.2 Å². The first-order chi connectivity index (χ1) is 29.1. The highest BCUT2D eigenvalue weighted by atomic mass is 35.5. The van der Waals surface area contributed by atoms with Crippen molar-refractivity contribution in [3.05, 3.63) is 181 Å². The summed E-state index contributed by atoms with van der Waals surface area (Å²) in [5, 5.41) is 5.16. The highest BCUT2D eigenvalue weighted by Crippen LogP contribution is 2.39. The number of aromatic nitrogens is 5. The molecule has 0 amide bonds. The van der Waals surface area contributed by atoms with E-state index in [1.54, 1.807) is 0 Å². The molecule has 4 heterocycles. The van der Waals surface area contributed by atoms with Crippen LogP contribution in [0.2, 0.25) is 5.28 Å². The van der Waals surface area contributed by atoms with E-state index in [0.29, 0.717) is 11.6 Å². The van der Waals surface area contributed by atoms with E-state index in [-0.39, 0.29) is 5.28 Å². The van der Waals surface area contributed by atoms with Crippen LogP contribution in [-0.4, -0.2) is 42.4 Å². The quantitative estimate of drug-likeness (QED) is 0.162. The molecule has 1 fully saturated rings. The van der Waals surface area contributed by atoms with Crippen molar-refractivity contribution in [1.29, 1.82) is 0 Å². The normalized spacial score (nSPS) is 14.5. The average Bonchev–Trinajstić information content (AvgIpc) is 3.87. The molecule has 11 rings (SSSR count). The van der Waals surface area contributed by atoms with Crippen LogP contribution in [0.1, 0.15) is 27.7 Å². The summed E-state index contributed by atoms with van der Waals surface area (Å²) in [6.45, 7) is 8.44. The third-order valence-corrected chi connectivity index (χ3v) is 12.0. The Labute approximate surface area is 354 Å². The highest BCUT2D eigenvalue weighted by Gasteiger charge is 2.52. The zero-order chi connectivity index (χ0) is 41.0. The van der Waals surface area contributed by atoms with E-state index in [2.05, 4.69) is 167 Å². The number of fused-ring (bicyclic) bond motifs is 6. The van der Waals surface area contributed by atoms with Crippen molar-refractivity contribution < 1.29 is 9.31 Å². The molecule has 292 valence electrons. The molecule has 0 N–H and O–H groups in total. The van der Waals surface area contributed by atoms with Gasteiger partial charge in [0.15, 0.2) is 11.6 Å². The molecule has 0 spiro atoms. The monoisotopic (exact) mass is 801 g/mol. The minimum Gasteiger partial charge on any atom is -0.399 e. The Morgan fingerprint density at radius 3 is 1.13 bits per heavy atom. The van der Waals surface area contributed by atoms with Gasteiger partial charge in [-0.25, -0.2) is 4.98 Å². The largest absolute Gasteiger partial charge is 0.494 e. The second kappa shape index (κ2) is 14.9. The van der Waals surface area contributed by atoms with Gasteiger partial charge in [0, 0.05) is 44.0 Å². The maximum absolute atomic E-state index is 6.60. The molecule has 0 atom stereocenters. The molecule has 0 bridgehead atoms. The SMILES string of the molecule is CC1(C)OB(c2cc(-n3c4ccccc4c4ccccc43)cc(-n3c4ccccc4c4ccccc43)c2)OC1(C)C.Clc1nc(-c2ccccc2)nc(-c2ccccc2)n1. The Hall–Kier alpha value is -6.58. The standard InChI is InChI=1S/C36H31BN2O2.C15H10ClN3/c1-35(2)36(3,4)41-37(40-35)24-21-25(38-31-17-9-5-13-27(31)28-14-6-10-18-32(28)38)23-26(22-24)39-33-19-11-7-15-29(33)30-16-8-12-20-34(30)39;16-15-18-13(11-7-3-1-4-8-11)17-14(19-15)12-9-5-2-6-10-12/h5-23H,1-4H3;1-10H. The van der Waals surface area contributed by atoms with Gasteiger partial charge in [0.05, 0.1) is 33.3 Å². The van der Waals surface area contributed by atoms with Gasteiger partial charge in [-0.1, -0.05) is 133 Å². The molecule has 1 saturated heterocycles. The fourth-order valence-electron chi connectivity index (χ4n) is 8.18. The van der Waals surface area contributed by atoms with Gasteiger partial charge < -0.3 is 18.4 Å². The molecular weight excluding hydrogens is 761 g/mol. The lowest BCUT2D eigenvalue weighted by atomic mass is 9.78. The molecule has 10 aromatic rings. The summed E-state index contributed by atoms with van der Waals surface area (Å²) in [5.41, 5.74) is 8.81. The number of benzene rings is 7. The number of halogens is 1. The summed E-state index contributed by atoms with van der Waals surface area (Å²) in [6, 6.07) is 60.8. The summed E-state index contributed by atoms with van der Waals surface area (Å²) in [6.07, 6.45) is 0. The maximum Gasteiger partial charge on any atom is 0.494 e. The zero-order valence-corrected chi connectivity index (χ0v) is 34.5. The molecule has 7 nitrogen and oxygen atoms in total. The van der Waals surface area contributed by atoms with E-state index in [1.165, 1.54) is 43.6 Å². The lowest BCUT2D eigenvalue weighted by Crippen LogP contribution is -2.41. The summed E-state index contributed by atoms with van der Waals surface area (Å²) in [7, 11) is -0.486.